The SMILES string of the molecule is CC12CCCCC1C(O)(c1ccc3ccccc3c1)C2. The number of rotatable bonds is 1. The van der Waals surface area contributed by atoms with E-state index in [-0.39, 0.29) is 0 Å². The monoisotopic (exact) mass is 266 g/mol. The summed E-state index contributed by atoms with van der Waals surface area (Å²) < 4.78 is 0. The molecule has 1 nitrogen and oxygen atoms in total. The van der Waals surface area contributed by atoms with Gasteiger partial charge in [0.2, 0.25) is 0 Å². The van der Waals surface area contributed by atoms with Crippen LogP contribution in [-0.4, -0.2) is 5.11 Å². The van der Waals surface area contributed by atoms with Crippen molar-refractivity contribution in [2.24, 2.45) is 11.3 Å². The van der Waals surface area contributed by atoms with Gasteiger partial charge in [0.25, 0.3) is 0 Å². The van der Waals surface area contributed by atoms with Crippen molar-refractivity contribution >= 4 is 10.8 Å². The molecule has 3 atom stereocenters. The van der Waals surface area contributed by atoms with E-state index < -0.39 is 5.60 Å². The molecule has 2 aromatic carbocycles. The summed E-state index contributed by atoms with van der Waals surface area (Å²) in [5.74, 6) is 0.449. The number of fused-ring (bicyclic) bond motifs is 2. The molecule has 0 aliphatic heterocycles. The Labute approximate surface area is 120 Å². The van der Waals surface area contributed by atoms with Gasteiger partial charge in [0.15, 0.2) is 0 Å². The van der Waals surface area contributed by atoms with Gasteiger partial charge < -0.3 is 5.11 Å². The smallest absolute Gasteiger partial charge is 0.0935 e. The predicted octanol–water partition coefficient (Wildman–Crippen LogP) is 4.63. The Bertz CT molecular complexity index is 662. The number of benzene rings is 2. The minimum Gasteiger partial charge on any atom is -0.385 e. The third-order valence-corrected chi connectivity index (χ3v) is 5.83. The zero-order valence-corrected chi connectivity index (χ0v) is 12.1. The molecule has 0 saturated heterocycles. The van der Waals surface area contributed by atoms with Crippen molar-refractivity contribution in [1.29, 1.82) is 0 Å². The van der Waals surface area contributed by atoms with Crippen molar-refractivity contribution in [1.82, 2.24) is 0 Å². The lowest BCUT2D eigenvalue weighted by atomic mass is 9.45. The normalized spacial score (nSPS) is 36.4. The van der Waals surface area contributed by atoms with Crippen LogP contribution >= 0.6 is 0 Å². The van der Waals surface area contributed by atoms with Gasteiger partial charge in [-0.2, -0.15) is 0 Å². The quantitative estimate of drug-likeness (QED) is 0.798. The Hall–Kier alpha value is -1.34. The Morgan fingerprint density at radius 3 is 2.65 bits per heavy atom. The van der Waals surface area contributed by atoms with Crippen LogP contribution in [0, 0.1) is 11.3 Å². The molecule has 1 N–H and O–H groups in total. The third-order valence-electron chi connectivity index (χ3n) is 5.83. The third kappa shape index (κ3) is 1.59. The highest BCUT2D eigenvalue weighted by Gasteiger charge is 2.60. The topological polar surface area (TPSA) is 20.2 Å². The molecule has 0 aromatic heterocycles. The van der Waals surface area contributed by atoms with E-state index in [0.717, 1.165) is 12.0 Å². The summed E-state index contributed by atoms with van der Waals surface area (Å²) in [5.41, 5.74) is 0.915. The Morgan fingerprint density at radius 2 is 1.85 bits per heavy atom. The van der Waals surface area contributed by atoms with Gasteiger partial charge in [0.1, 0.15) is 0 Å². The standard InChI is InChI=1S/C19H22O/c1-18-11-5-4-8-17(18)19(20,13-18)16-10-9-14-6-2-3-7-15(14)12-16/h2-3,6-7,9-10,12,17,20H,4-5,8,11,13H2,1H3. The van der Waals surface area contributed by atoms with Crippen molar-refractivity contribution in [3.05, 3.63) is 48.0 Å². The van der Waals surface area contributed by atoms with Crippen LogP contribution in [0.1, 0.15) is 44.6 Å². The molecule has 4 rings (SSSR count). The summed E-state index contributed by atoms with van der Waals surface area (Å²) in [5, 5.41) is 13.7. The van der Waals surface area contributed by atoms with E-state index >= 15 is 0 Å². The van der Waals surface area contributed by atoms with Crippen LogP contribution in [0.5, 0.6) is 0 Å². The van der Waals surface area contributed by atoms with Gasteiger partial charge in [0, 0.05) is 0 Å². The molecule has 0 heterocycles. The first-order chi connectivity index (χ1) is 9.62. The van der Waals surface area contributed by atoms with E-state index in [1.165, 1.54) is 36.5 Å². The Morgan fingerprint density at radius 1 is 1.05 bits per heavy atom. The van der Waals surface area contributed by atoms with Crippen LogP contribution in [0.25, 0.3) is 10.8 Å². The largest absolute Gasteiger partial charge is 0.385 e. The molecule has 2 aromatic rings. The number of aliphatic hydroxyl groups is 1. The highest BCUT2D eigenvalue weighted by Crippen LogP contribution is 2.64. The van der Waals surface area contributed by atoms with Crippen molar-refractivity contribution in [2.45, 2.75) is 44.6 Å². The van der Waals surface area contributed by atoms with Crippen molar-refractivity contribution < 1.29 is 5.11 Å². The summed E-state index contributed by atoms with van der Waals surface area (Å²) in [4.78, 5) is 0. The minimum atomic E-state index is -0.584. The van der Waals surface area contributed by atoms with Gasteiger partial charge in [-0.15, -0.1) is 0 Å². The van der Waals surface area contributed by atoms with Crippen LogP contribution in [-0.2, 0) is 5.60 Å². The molecule has 2 fully saturated rings. The molecule has 3 unspecified atom stereocenters. The second-order valence-corrected chi connectivity index (χ2v) is 7.12. The molecular weight excluding hydrogens is 244 g/mol. The molecule has 0 amide bonds. The Kier molecular flexibility index (Phi) is 2.53. The summed E-state index contributed by atoms with van der Waals surface area (Å²) in [6, 6.07) is 14.9. The first-order valence-electron chi connectivity index (χ1n) is 7.84. The van der Waals surface area contributed by atoms with Crippen molar-refractivity contribution in [3.63, 3.8) is 0 Å². The lowest BCUT2D eigenvalue weighted by Crippen LogP contribution is -2.59. The predicted molar refractivity (Wildman–Crippen MR) is 82.5 cm³/mol. The van der Waals surface area contributed by atoms with Crippen LogP contribution < -0.4 is 0 Å². The molecular formula is C19H22O. The summed E-state index contributed by atoms with van der Waals surface area (Å²) in [6.07, 6.45) is 6.01. The molecule has 1 heteroatoms. The first-order valence-corrected chi connectivity index (χ1v) is 7.84. The highest BCUT2D eigenvalue weighted by molar-refractivity contribution is 5.83. The summed E-state index contributed by atoms with van der Waals surface area (Å²) in [6.45, 7) is 2.37. The average molecular weight is 266 g/mol. The molecule has 0 bridgehead atoms. The van der Waals surface area contributed by atoms with Crippen molar-refractivity contribution in [2.75, 3.05) is 0 Å². The zero-order chi connectivity index (χ0) is 13.8. The molecule has 2 saturated carbocycles. The second-order valence-electron chi connectivity index (χ2n) is 7.12. The first kappa shape index (κ1) is 12.4. The van der Waals surface area contributed by atoms with E-state index in [2.05, 4.69) is 49.4 Å². The lowest BCUT2D eigenvalue weighted by Gasteiger charge is -2.62. The minimum absolute atomic E-state index is 0.374. The number of hydrogen-bond acceptors (Lipinski definition) is 1. The number of hydrogen-bond donors (Lipinski definition) is 1. The fourth-order valence-electron chi connectivity index (χ4n) is 4.80. The Balaban J connectivity index is 1.75. The zero-order valence-electron chi connectivity index (χ0n) is 12.1. The highest BCUT2D eigenvalue weighted by atomic mass is 16.3. The maximum atomic E-state index is 11.2. The maximum Gasteiger partial charge on any atom is 0.0935 e. The van der Waals surface area contributed by atoms with Crippen LogP contribution in [0.4, 0.5) is 0 Å². The van der Waals surface area contributed by atoms with E-state index in [4.69, 9.17) is 0 Å². The lowest BCUT2D eigenvalue weighted by molar-refractivity contribution is -0.212. The van der Waals surface area contributed by atoms with Gasteiger partial charge in [-0.05, 0) is 53.0 Å². The van der Waals surface area contributed by atoms with E-state index in [1.54, 1.807) is 0 Å². The van der Waals surface area contributed by atoms with Gasteiger partial charge >= 0.3 is 0 Å². The summed E-state index contributed by atoms with van der Waals surface area (Å²) in [7, 11) is 0. The molecule has 0 spiro atoms. The molecule has 20 heavy (non-hydrogen) atoms. The molecule has 0 radical (unpaired) electrons. The van der Waals surface area contributed by atoms with Crippen LogP contribution in [0.3, 0.4) is 0 Å². The van der Waals surface area contributed by atoms with Gasteiger partial charge in [-0.25, -0.2) is 0 Å². The van der Waals surface area contributed by atoms with Gasteiger partial charge in [0.05, 0.1) is 5.60 Å². The molecule has 104 valence electrons. The fraction of sp³-hybridized carbons (Fsp3) is 0.474. The molecule has 2 aliphatic carbocycles. The molecule has 2 aliphatic rings. The van der Waals surface area contributed by atoms with Gasteiger partial charge in [-0.3, -0.25) is 0 Å². The van der Waals surface area contributed by atoms with Crippen LogP contribution in [0.15, 0.2) is 42.5 Å². The fourth-order valence-corrected chi connectivity index (χ4v) is 4.80. The second kappa shape index (κ2) is 4.08. The average Bonchev–Trinajstić information content (AvgIpc) is 2.45. The van der Waals surface area contributed by atoms with E-state index in [1.807, 2.05) is 0 Å². The van der Waals surface area contributed by atoms with E-state index in [9.17, 15) is 5.11 Å². The summed E-state index contributed by atoms with van der Waals surface area (Å²) >= 11 is 0. The van der Waals surface area contributed by atoms with Gasteiger partial charge in [-0.1, -0.05) is 56.2 Å². The van der Waals surface area contributed by atoms with Crippen LogP contribution in [0.2, 0.25) is 0 Å². The van der Waals surface area contributed by atoms with E-state index in [0.29, 0.717) is 11.3 Å². The van der Waals surface area contributed by atoms with Crippen molar-refractivity contribution in [3.8, 4) is 0 Å². The maximum absolute atomic E-state index is 11.2.